The fourth-order valence-electron chi connectivity index (χ4n) is 4.41. The summed E-state index contributed by atoms with van der Waals surface area (Å²) in [5.74, 6) is 0.595. The number of aromatic nitrogens is 4. The molecule has 1 fully saturated rings. The number of carbonyl (C=O) groups is 1. The molecule has 35 heavy (non-hydrogen) atoms. The van der Waals surface area contributed by atoms with E-state index in [1.165, 1.54) is 20.3 Å². The van der Waals surface area contributed by atoms with Crippen molar-refractivity contribution < 1.29 is 18.7 Å². The van der Waals surface area contributed by atoms with Crippen LogP contribution >= 0.6 is 0 Å². The Kier molecular flexibility index (Phi) is 5.90. The summed E-state index contributed by atoms with van der Waals surface area (Å²) >= 11 is 0. The van der Waals surface area contributed by atoms with Crippen LogP contribution in [0.3, 0.4) is 0 Å². The second-order valence-corrected chi connectivity index (χ2v) is 8.55. The standard InChI is InChI=1S/C26H24FN5O3/c1-14-5-4-6-15(9-14)18-13-19(18)26(33)28-17-11-20(25-29-31-32-30-25)24(21(27)12-17)16-7-8-22(34-2)23(10-16)35-3/h4-12,18-19H,13H2,1-3H3,(H,28,33)(H,29,30,31,32). The van der Waals surface area contributed by atoms with Crippen LogP contribution in [-0.4, -0.2) is 40.8 Å². The van der Waals surface area contributed by atoms with E-state index in [0.717, 1.165) is 17.5 Å². The number of aromatic amines is 1. The van der Waals surface area contributed by atoms with Crippen LogP contribution in [0, 0.1) is 18.7 Å². The number of nitrogens with zero attached hydrogens (tertiary/aromatic N) is 3. The maximum Gasteiger partial charge on any atom is 0.228 e. The van der Waals surface area contributed by atoms with Crippen LogP contribution in [0.4, 0.5) is 10.1 Å². The predicted molar refractivity (Wildman–Crippen MR) is 129 cm³/mol. The normalized spacial score (nSPS) is 16.6. The van der Waals surface area contributed by atoms with Gasteiger partial charge >= 0.3 is 0 Å². The van der Waals surface area contributed by atoms with Gasteiger partial charge in [0.05, 0.1) is 14.2 Å². The first-order valence-corrected chi connectivity index (χ1v) is 11.2. The van der Waals surface area contributed by atoms with Gasteiger partial charge in [-0.05, 0) is 65.1 Å². The number of carbonyl (C=O) groups excluding carboxylic acids is 1. The smallest absolute Gasteiger partial charge is 0.228 e. The van der Waals surface area contributed by atoms with Crippen LogP contribution in [-0.2, 0) is 4.79 Å². The number of halogens is 1. The fourth-order valence-corrected chi connectivity index (χ4v) is 4.41. The first-order chi connectivity index (χ1) is 17.0. The number of aryl methyl sites for hydroxylation is 1. The number of hydrogen-bond donors (Lipinski definition) is 2. The molecule has 8 nitrogen and oxygen atoms in total. The minimum atomic E-state index is -0.535. The number of ether oxygens (including phenoxy) is 2. The minimum Gasteiger partial charge on any atom is -0.493 e. The largest absolute Gasteiger partial charge is 0.493 e. The number of H-pyrrole nitrogens is 1. The van der Waals surface area contributed by atoms with E-state index < -0.39 is 5.82 Å². The minimum absolute atomic E-state index is 0.142. The van der Waals surface area contributed by atoms with Crippen LogP contribution in [0.15, 0.2) is 54.6 Å². The highest BCUT2D eigenvalue weighted by Gasteiger charge is 2.44. The molecule has 0 bridgehead atoms. The van der Waals surface area contributed by atoms with Gasteiger partial charge in [-0.1, -0.05) is 35.9 Å². The van der Waals surface area contributed by atoms with Crippen molar-refractivity contribution in [2.75, 3.05) is 19.5 Å². The van der Waals surface area contributed by atoms with Gasteiger partial charge in [0.1, 0.15) is 5.82 Å². The molecule has 1 aliphatic carbocycles. The van der Waals surface area contributed by atoms with Crippen molar-refractivity contribution in [1.29, 1.82) is 0 Å². The second kappa shape index (κ2) is 9.17. The van der Waals surface area contributed by atoms with Gasteiger partial charge in [-0.25, -0.2) is 9.49 Å². The third kappa shape index (κ3) is 4.44. The second-order valence-electron chi connectivity index (χ2n) is 8.55. The van der Waals surface area contributed by atoms with Crippen molar-refractivity contribution in [3.63, 3.8) is 0 Å². The van der Waals surface area contributed by atoms with E-state index in [1.54, 1.807) is 24.3 Å². The number of benzene rings is 3. The molecule has 3 aromatic carbocycles. The molecule has 0 radical (unpaired) electrons. The lowest BCUT2D eigenvalue weighted by atomic mass is 9.97. The average molecular weight is 474 g/mol. The van der Waals surface area contributed by atoms with Crippen molar-refractivity contribution in [2.45, 2.75) is 19.3 Å². The van der Waals surface area contributed by atoms with E-state index >= 15 is 4.39 Å². The summed E-state index contributed by atoms with van der Waals surface area (Å²) in [6.45, 7) is 2.03. The highest BCUT2D eigenvalue weighted by Crippen LogP contribution is 2.48. The van der Waals surface area contributed by atoms with Crippen LogP contribution in [0.2, 0.25) is 0 Å². The molecule has 1 amide bonds. The zero-order chi connectivity index (χ0) is 24.5. The highest BCUT2D eigenvalue weighted by atomic mass is 19.1. The van der Waals surface area contributed by atoms with Gasteiger partial charge in [-0.15, -0.1) is 5.10 Å². The number of hydrogen-bond acceptors (Lipinski definition) is 6. The lowest BCUT2D eigenvalue weighted by Crippen LogP contribution is -2.15. The quantitative estimate of drug-likeness (QED) is 0.402. The van der Waals surface area contributed by atoms with E-state index in [2.05, 4.69) is 32.0 Å². The molecule has 1 heterocycles. The summed E-state index contributed by atoms with van der Waals surface area (Å²) in [4.78, 5) is 12.9. The Morgan fingerprint density at radius 1 is 1.09 bits per heavy atom. The number of rotatable bonds is 7. The molecular weight excluding hydrogens is 449 g/mol. The Morgan fingerprint density at radius 3 is 2.63 bits per heavy atom. The molecule has 5 rings (SSSR count). The van der Waals surface area contributed by atoms with Crippen molar-refractivity contribution >= 4 is 11.6 Å². The zero-order valence-corrected chi connectivity index (χ0v) is 19.5. The Morgan fingerprint density at radius 2 is 1.91 bits per heavy atom. The maximum atomic E-state index is 15.6. The molecule has 0 spiro atoms. The van der Waals surface area contributed by atoms with Crippen molar-refractivity contribution in [3.8, 4) is 34.0 Å². The Bertz CT molecular complexity index is 1390. The van der Waals surface area contributed by atoms with Crippen LogP contribution in [0.1, 0.15) is 23.5 Å². The topological polar surface area (TPSA) is 102 Å². The molecule has 2 atom stereocenters. The number of anilines is 1. The van der Waals surface area contributed by atoms with E-state index in [9.17, 15) is 4.79 Å². The molecular formula is C26H24FN5O3. The molecule has 1 saturated carbocycles. The first-order valence-electron chi connectivity index (χ1n) is 11.2. The molecule has 9 heteroatoms. The average Bonchev–Trinajstić information content (AvgIpc) is 3.48. The van der Waals surface area contributed by atoms with Gasteiger partial charge in [0.15, 0.2) is 17.3 Å². The van der Waals surface area contributed by atoms with Gasteiger partial charge in [-0.2, -0.15) is 0 Å². The zero-order valence-electron chi connectivity index (χ0n) is 19.5. The van der Waals surface area contributed by atoms with Gasteiger partial charge in [-0.3, -0.25) is 4.79 Å². The third-order valence-corrected chi connectivity index (χ3v) is 6.23. The summed E-state index contributed by atoms with van der Waals surface area (Å²) in [6.07, 6.45) is 0.764. The summed E-state index contributed by atoms with van der Waals surface area (Å²) in [5, 5.41) is 16.8. The fraction of sp³-hybridized carbons (Fsp3) is 0.231. The Hall–Kier alpha value is -4.27. The van der Waals surface area contributed by atoms with E-state index in [4.69, 9.17) is 9.47 Å². The number of amides is 1. The molecule has 4 aromatic rings. The lowest BCUT2D eigenvalue weighted by molar-refractivity contribution is -0.117. The van der Waals surface area contributed by atoms with Gasteiger partial charge in [0.2, 0.25) is 5.91 Å². The van der Waals surface area contributed by atoms with Crippen molar-refractivity contribution in [3.05, 3.63) is 71.5 Å². The highest BCUT2D eigenvalue weighted by molar-refractivity contribution is 5.97. The van der Waals surface area contributed by atoms with Gasteiger partial charge in [0, 0.05) is 22.7 Å². The van der Waals surface area contributed by atoms with Crippen molar-refractivity contribution in [1.82, 2.24) is 20.6 Å². The number of tetrazole rings is 1. The van der Waals surface area contributed by atoms with Gasteiger partial charge in [0.25, 0.3) is 0 Å². The molecule has 1 aliphatic rings. The SMILES string of the molecule is COc1ccc(-c2c(F)cc(NC(=O)C3CC3c3cccc(C)c3)cc2-c2nnn[nH]2)cc1OC. The molecule has 2 unspecified atom stereocenters. The number of nitrogens with one attached hydrogen (secondary N) is 2. The molecule has 178 valence electrons. The summed E-state index contributed by atoms with van der Waals surface area (Å²) in [6, 6.07) is 16.2. The Balaban J connectivity index is 1.46. The third-order valence-electron chi connectivity index (χ3n) is 6.23. The monoisotopic (exact) mass is 473 g/mol. The lowest BCUT2D eigenvalue weighted by Gasteiger charge is -2.15. The summed E-state index contributed by atoms with van der Waals surface area (Å²) in [5.41, 5.74) is 3.86. The van der Waals surface area contributed by atoms with Gasteiger partial charge < -0.3 is 14.8 Å². The summed E-state index contributed by atoms with van der Waals surface area (Å²) < 4.78 is 26.2. The molecule has 0 aliphatic heterocycles. The van der Waals surface area contributed by atoms with E-state index in [1.807, 2.05) is 25.1 Å². The summed E-state index contributed by atoms with van der Waals surface area (Å²) in [7, 11) is 3.05. The number of methoxy groups -OCH3 is 2. The predicted octanol–water partition coefficient (Wildman–Crippen LogP) is 4.74. The molecule has 1 aromatic heterocycles. The molecule has 0 saturated heterocycles. The van der Waals surface area contributed by atoms with Crippen LogP contribution in [0.5, 0.6) is 11.5 Å². The molecule has 2 N–H and O–H groups in total. The first kappa shape index (κ1) is 22.5. The van der Waals surface area contributed by atoms with E-state index in [-0.39, 0.29) is 29.1 Å². The van der Waals surface area contributed by atoms with Crippen LogP contribution < -0.4 is 14.8 Å². The maximum absolute atomic E-state index is 15.6. The Labute approximate surface area is 201 Å². The van der Waals surface area contributed by atoms with Crippen molar-refractivity contribution in [2.24, 2.45) is 5.92 Å². The van der Waals surface area contributed by atoms with Crippen LogP contribution in [0.25, 0.3) is 22.5 Å². The van der Waals surface area contributed by atoms with E-state index in [0.29, 0.717) is 28.3 Å².